The second-order valence-electron chi connectivity index (χ2n) is 8.45. The van der Waals surface area contributed by atoms with E-state index in [-0.39, 0.29) is 11.8 Å². The summed E-state index contributed by atoms with van der Waals surface area (Å²) in [6.45, 7) is 9.71. The van der Waals surface area contributed by atoms with Crippen molar-refractivity contribution < 1.29 is 14.3 Å². The van der Waals surface area contributed by atoms with E-state index in [9.17, 15) is 9.59 Å². The summed E-state index contributed by atoms with van der Waals surface area (Å²) in [4.78, 5) is 31.6. The van der Waals surface area contributed by atoms with Crippen molar-refractivity contribution >= 4 is 17.5 Å². The first-order valence-electron chi connectivity index (χ1n) is 11.5. The van der Waals surface area contributed by atoms with Gasteiger partial charge in [-0.3, -0.25) is 9.59 Å². The van der Waals surface area contributed by atoms with Crippen LogP contribution in [0.25, 0.3) is 0 Å². The van der Waals surface area contributed by atoms with E-state index >= 15 is 0 Å². The average Bonchev–Trinajstić information content (AvgIpc) is 2.83. The summed E-state index contributed by atoms with van der Waals surface area (Å²) < 4.78 is 5.17. The second kappa shape index (κ2) is 11.0. The normalized spacial score (nSPS) is 13.9. The van der Waals surface area contributed by atoms with E-state index in [4.69, 9.17) is 4.74 Å². The summed E-state index contributed by atoms with van der Waals surface area (Å²) in [6.07, 6.45) is 1.19. The van der Waals surface area contributed by atoms with Crippen molar-refractivity contribution in [3.05, 3.63) is 59.7 Å². The zero-order chi connectivity index (χ0) is 23.1. The molecule has 1 saturated heterocycles. The highest BCUT2D eigenvalue weighted by atomic mass is 16.5. The predicted octanol–water partition coefficient (Wildman–Crippen LogP) is 3.85. The second-order valence-corrected chi connectivity index (χ2v) is 8.45. The lowest BCUT2D eigenvalue weighted by atomic mass is 10.1. The van der Waals surface area contributed by atoms with E-state index < -0.39 is 0 Å². The van der Waals surface area contributed by atoms with E-state index in [1.54, 1.807) is 7.11 Å². The monoisotopic (exact) mass is 437 g/mol. The van der Waals surface area contributed by atoms with E-state index in [1.807, 2.05) is 58.3 Å². The molecule has 0 spiro atoms. The molecule has 2 amide bonds. The van der Waals surface area contributed by atoms with Crippen LogP contribution in [0, 0.1) is 0 Å². The molecule has 0 radical (unpaired) electrons. The van der Waals surface area contributed by atoms with Crippen LogP contribution in [-0.2, 0) is 11.2 Å². The van der Waals surface area contributed by atoms with Gasteiger partial charge in [0.1, 0.15) is 5.75 Å². The maximum Gasteiger partial charge on any atom is 0.253 e. The number of ether oxygens (including phenoxy) is 1. The Balaban J connectivity index is 1.49. The number of aryl methyl sites for hydroxylation is 1. The van der Waals surface area contributed by atoms with Gasteiger partial charge < -0.3 is 19.4 Å². The van der Waals surface area contributed by atoms with Gasteiger partial charge in [0.15, 0.2) is 0 Å². The molecule has 1 aliphatic heterocycles. The zero-order valence-electron chi connectivity index (χ0n) is 19.7. The Bertz CT molecular complexity index is 886. The number of piperazine rings is 1. The molecule has 0 N–H and O–H groups in total. The van der Waals surface area contributed by atoms with Crippen LogP contribution in [0.4, 0.5) is 5.69 Å². The Morgan fingerprint density at radius 2 is 1.53 bits per heavy atom. The topological polar surface area (TPSA) is 53.1 Å². The molecule has 0 atom stereocenters. The van der Waals surface area contributed by atoms with E-state index in [0.29, 0.717) is 50.6 Å². The van der Waals surface area contributed by atoms with Crippen molar-refractivity contribution in [2.75, 3.05) is 44.7 Å². The molecular weight excluding hydrogens is 402 g/mol. The molecule has 0 bridgehead atoms. The van der Waals surface area contributed by atoms with Crippen LogP contribution < -0.4 is 9.64 Å². The number of benzene rings is 2. The number of carbonyl (C=O) groups excluding carboxylic acids is 2. The SMILES string of the molecule is CCN(c1ccc(C(=O)N2CCN(C(=O)CCc3ccc(OC)cc3)CC2)cc1)C(C)C. The van der Waals surface area contributed by atoms with Crippen LogP contribution in [0.1, 0.15) is 43.1 Å². The molecule has 1 heterocycles. The van der Waals surface area contributed by atoms with Gasteiger partial charge in [-0.05, 0) is 69.2 Å². The Morgan fingerprint density at radius 3 is 2.06 bits per heavy atom. The minimum Gasteiger partial charge on any atom is -0.497 e. The molecule has 0 saturated carbocycles. The number of hydrogen-bond acceptors (Lipinski definition) is 4. The highest BCUT2D eigenvalue weighted by Gasteiger charge is 2.24. The van der Waals surface area contributed by atoms with Gasteiger partial charge in [0.25, 0.3) is 5.91 Å². The molecule has 2 aromatic carbocycles. The third kappa shape index (κ3) is 5.81. The molecular formula is C26H35N3O3. The maximum atomic E-state index is 12.9. The van der Waals surface area contributed by atoms with Crippen molar-refractivity contribution in [3.8, 4) is 5.75 Å². The summed E-state index contributed by atoms with van der Waals surface area (Å²) in [5.41, 5.74) is 2.95. The number of nitrogens with zero attached hydrogens (tertiary/aromatic N) is 3. The summed E-state index contributed by atoms with van der Waals surface area (Å²) in [5, 5.41) is 0. The van der Waals surface area contributed by atoms with Crippen LogP contribution in [0.2, 0.25) is 0 Å². The molecule has 6 nitrogen and oxygen atoms in total. The maximum absolute atomic E-state index is 12.9. The smallest absolute Gasteiger partial charge is 0.253 e. The quantitative estimate of drug-likeness (QED) is 0.630. The molecule has 6 heteroatoms. The number of carbonyl (C=O) groups is 2. The van der Waals surface area contributed by atoms with Gasteiger partial charge in [0.05, 0.1) is 7.11 Å². The summed E-state index contributed by atoms with van der Waals surface area (Å²) >= 11 is 0. The predicted molar refractivity (Wildman–Crippen MR) is 128 cm³/mol. The fraction of sp³-hybridized carbons (Fsp3) is 0.462. The van der Waals surface area contributed by atoms with E-state index in [2.05, 4.69) is 25.7 Å². The summed E-state index contributed by atoms with van der Waals surface area (Å²) in [7, 11) is 1.64. The Morgan fingerprint density at radius 1 is 0.938 bits per heavy atom. The molecule has 172 valence electrons. The molecule has 1 fully saturated rings. The Kier molecular flexibility index (Phi) is 8.14. The number of methoxy groups -OCH3 is 1. The lowest BCUT2D eigenvalue weighted by molar-refractivity contribution is -0.132. The highest BCUT2D eigenvalue weighted by Crippen LogP contribution is 2.19. The lowest BCUT2D eigenvalue weighted by Crippen LogP contribution is -2.50. The van der Waals surface area contributed by atoms with Gasteiger partial charge in [-0.2, -0.15) is 0 Å². The van der Waals surface area contributed by atoms with Gasteiger partial charge in [-0.25, -0.2) is 0 Å². The Hall–Kier alpha value is -3.02. The molecule has 2 aromatic rings. The van der Waals surface area contributed by atoms with Crippen LogP contribution >= 0.6 is 0 Å². The van der Waals surface area contributed by atoms with Crippen molar-refractivity contribution in [3.63, 3.8) is 0 Å². The van der Waals surface area contributed by atoms with Crippen molar-refractivity contribution in [2.45, 2.75) is 39.7 Å². The molecule has 0 aromatic heterocycles. The third-order valence-electron chi connectivity index (χ3n) is 6.12. The molecule has 1 aliphatic rings. The Labute approximate surface area is 191 Å². The van der Waals surface area contributed by atoms with E-state index in [0.717, 1.165) is 23.5 Å². The van der Waals surface area contributed by atoms with Gasteiger partial charge in [-0.1, -0.05) is 12.1 Å². The minimum absolute atomic E-state index is 0.0366. The van der Waals surface area contributed by atoms with Crippen molar-refractivity contribution in [1.29, 1.82) is 0 Å². The average molecular weight is 438 g/mol. The first kappa shape index (κ1) is 23.6. The molecule has 0 aliphatic carbocycles. The van der Waals surface area contributed by atoms with Crippen LogP contribution in [0.3, 0.4) is 0 Å². The van der Waals surface area contributed by atoms with Gasteiger partial charge in [0.2, 0.25) is 5.91 Å². The first-order chi connectivity index (χ1) is 15.4. The van der Waals surface area contributed by atoms with Crippen LogP contribution in [0.5, 0.6) is 5.75 Å². The van der Waals surface area contributed by atoms with Gasteiger partial charge in [-0.15, -0.1) is 0 Å². The molecule has 32 heavy (non-hydrogen) atoms. The minimum atomic E-state index is 0.0366. The number of anilines is 1. The standard InChI is InChI=1S/C26H35N3O3/c1-5-29(20(2)3)23-11-9-22(10-12-23)26(31)28-18-16-27(17-19-28)25(30)15-8-21-6-13-24(32-4)14-7-21/h6-7,9-14,20H,5,8,15-19H2,1-4H3. The third-order valence-corrected chi connectivity index (χ3v) is 6.12. The van der Waals surface area contributed by atoms with Crippen LogP contribution in [-0.4, -0.2) is 67.5 Å². The fourth-order valence-electron chi connectivity index (χ4n) is 4.18. The van der Waals surface area contributed by atoms with Crippen molar-refractivity contribution in [1.82, 2.24) is 9.80 Å². The lowest BCUT2D eigenvalue weighted by Gasteiger charge is -2.35. The highest BCUT2D eigenvalue weighted by molar-refractivity contribution is 5.94. The first-order valence-corrected chi connectivity index (χ1v) is 11.5. The molecule has 0 unspecified atom stereocenters. The van der Waals surface area contributed by atoms with Gasteiger partial charge >= 0.3 is 0 Å². The van der Waals surface area contributed by atoms with Crippen LogP contribution in [0.15, 0.2) is 48.5 Å². The number of hydrogen-bond donors (Lipinski definition) is 0. The zero-order valence-corrected chi connectivity index (χ0v) is 19.7. The fourth-order valence-corrected chi connectivity index (χ4v) is 4.18. The molecule has 3 rings (SSSR count). The summed E-state index contributed by atoms with van der Waals surface area (Å²) in [6, 6.07) is 16.1. The largest absolute Gasteiger partial charge is 0.497 e. The van der Waals surface area contributed by atoms with Gasteiger partial charge in [0, 0.05) is 56.4 Å². The van der Waals surface area contributed by atoms with E-state index in [1.165, 1.54) is 0 Å². The number of rotatable bonds is 8. The van der Waals surface area contributed by atoms with Crippen molar-refractivity contribution in [2.24, 2.45) is 0 Å². The summed E-state index contributed by atoms with van der Waals surface area (Å²) in [5.74, 6) is 0.998. The number of amides is 2.